The molecule has 1 saturated carbocycles. The summed E-state index contributed by atoms with van der Waals surface area (Å²) < 4.78 is 7.06. The third kappa shape index (κ3) is 4.75. The number of likely N-dealkylation sites (tertiary alicyclic amines) is 1. The molecule has 39 heavy (non-hydrogen) atoms. The van der Waals surface area contributed by atoms with E-state index in [1.807, 2.05) is 41.0 Å². The molecular weight excluding hydrogens is 494 g/mol. The first-order chi connectivity index (χ1) is 18.9. The third-order valence-corrected chi connectivity index (χ3v) is 9.87. The van der Waals surface area contributed by atoms with Gasteiger partial charge in [0.15, 0.2) is 0 Å². The highest BCUT2D eigenvalue weighted by Crippen LogP contribution is 2.58. The van der Waals surface area contributed by atoms with Crippen LogP contribution in [0.25, 0.3) is 0 Å². The molecule has 4 aliphatic heterocycles. The Morgan fingerprint density at radius 2 is 1.62 bits per heavy atom. The summed E-state index contributed by atoms with van der Waals surface area (Å²) in [5.41, 5.74) is -2.06. The number of aliphatic hydroxyl groups is 1. The lowest BCUT2D eigenvalue weighted by Crippen LogP contribution is -2.57. The number of carbonyl (C=O) groups is 3. The summed E-state index contributed by atoms with van der Waals surface area (Å²) in [6.45, 7) is 6.37. The van der Waals surface area contributed by atoms with E-state index in [0.29, 0.717) is 32.6 Å². The van der Waals surface area contributed by atoms with E-state index in [9.17, 15) is 19.5 Å². The van der Waals surface area contributed by atoms with Crippen molar-refractivity contribution in [3.05, 3.63) is 24.3 Å². The zero-order valence-corrected chi connectivity index (χ0v) is 23.9. The van der Waals surface area contributed by atoms with Gasteiger partial charge in [0, 0.05) is 38.8 Å². The fraction of sp³-hybridized carbons (Fsp3) is 0.774. The number of nitrogens with zero attached hydrogens (tertiary/aromatic N) is 3. The summed E-state index contributed by atoms with van der Waals surface area (Å²) in [5.74, 6) is -1.55. The number of rotatable bonds is 10. The van der Waals surface area contributed by atoms with Crippen LogP contribution in [-0.4, -0.2) is 93.6 Å². The van der Waals surface area contributed by atoms with E-state index in [1.54, 1.807) is 4.90 Å². The van der Waals surface area contributed by atoms with Crippen molar-refractivity contribution in [3.63, 3.8) is 0 Å². The first kappa shape index (κ1) is 28.3. The van der Waals surface area contributed by atoms with Crippen LogP contribution < -0.4 is 0 Å². The maximum atomic E-state index is 14.5. The zero-order valence-electron chi connectivity index (χ0n) is 23.9. The quantitative estimate of drug-likeness (QED) is 0.338. The van der Waals surface area contributed by atoms with Gasteiger partial charge in [-0.25, -0.2) is 0 Å². The second-order valence-electron chi connectivity index (χ2n) is 12.2. The summed E-state index contributed by atoms with van der Waals surface area (Å²) in [5, 5.41) is 9.19. The summed E-state index contributed by atoms with van der Waals surface area (Å²) in [6.07, 6.45) is 18.1. The van der Waals surface area contributed by atoms with Crippen LogP contribution in [0.4, 0.5) is 0 Å². The molecule has 5 aliphatic rings. The van der Waals surface area contributed by atoms with E-state index in [4.69, 9.17) is 4.74 Å². The molecule has 0 aromatic heterocycles. The number of hydrogen-bond donors (Lipinski definition) is 1. The molecule has 8 nitrogen and oxygen atoms in total. The number of hydrogen-bond acceptors (Lipinski definition) is 5. The Morgan fingerprint density at radius 3 is 2.33 bits per heavy atom. The Kier molecular flexibility index (Phi) is 8.53. The van der Waals surface area contributed by atoms with Crippen LogP contribution >= 0.6 is 0 Å². The number of aliphatic hydroxyl groups excluding tert-OH is 1. The van der Waals surface area contributed by atoms with Gasteiger partial charge in [-0.2, -0.15) is 0 Å². The van der Waals surface area contributed by atoms with E-state index in [-0.39, 0.29) is 30.4 Å². The molecule has 0 bridgehead atoms. The number of unbranched alkanes of at least 4 members (excludes halogenated alkanes) is 3. The molecule has 0 aromatic rings. The molecule has 1 unspecified atom stereocenters. The minimum absolute atomic E-state index is 0.0253. The molecule has 4 heterocycles. The number of ether oxygens (including phenoxy) is 1. The molecule has 216 valence electrons. The van der Waals surface area contributed by atoms with Gasteiger partial charge in [0.2, 0.25) is 17.7 Å². The molecule has 1 aliphatic carbocycles. The predicted molar refractivity (Wildman–Crippen MR) is 149 cm³/mol. The van der Waals surface area contributed by atoms with Crippen LogP contribution in [0.15, 0.2) is 24.3 Å². The molecule has 5 atom stereocenters. The lowest BCUT2D eigenvalue weighted by Gasteiger charge is -2.40. The van der Waals surface area contributed by atoms with Crippen LogP contribution in [0.2, 0.25) is 0 Å². The number of fused-ring (bicyclic) bond motifs is 2. The predicted octanol–water partition coefficient (Wildman–Crippen LogP) is 3.44. The van der Waals surface area contributed by atoms with Gasteiger partial charge >= 0.3 is 0 Å². The van der Waals surface area contributed by atoms with E-state index in [0.717, 1.165) is 57.8 Å². The molecule has 3 amide bonds. The highest BCUT2D eigenvalue weighted by molar-refractivity contribution is 6.00. The van der Waals surface area contributed by atoms with Crippen molar-refractivity contribution in [2.24, 2.45) is 11.8 Å². The first-order valence-corrected chi connectivity index (χ1v) is 15.5. The zero-order chi connectivity index (χ0) is 27.6. The van der Waals surface area contributed by atoms with Crippen LogP contribution in [0, 0.1) is 11.8 Å². The van der Waals surface area contributed by atoms with E-state index < -0.39 is 29.1 Å². The SMILES string of the molecule is CCCN1CC=C[C@]2(CC)O[C@]34C=CCN(C5CCCCC5)C(=O)C3N(CCCCCCO)C(=O)[C@@H]4[C@@H]2C1=O. The van der Waals surface area contributed by atoms with Gasteiger partial charge in [-0.15, -0.1) is 0 Å². The Balaban J connectivity index is 1.55. The molecule has 0 aromatic carbocycles. The fourth-order valence-electron chi connectivity index (χ4n) is 8.01. The van der Waals surface area contributed by atoms with E-state index in [1.165, 1.54) is 6.42 Å². The molecule has 1 spiro atoms. The monoisotopic (exact) mass is 541 g/mol. The van der Waals surface area contributed by atoms with Crippen molar-refractivity contribution in [1.29, 1.82) is 0 Å². The molecule has 8 heteroatoms. The summed E-state index contributed by atoms with van der Waals surface area (Å²) in [6, 6.07) is -0.579. The van der Waals surface area contributed by atoms with Crippen molar-refractivity contribution < 1.29 is 24.2 Å². The average molecular weight is 542 g/mol. The normalized spacial score (nSPS) is 34.8. The Morgan fingerprint density at radius 1 is 0.872 bits per heavy atom. The van der Waals surface area contributed by atoms with Crippen molar-refractivity contribution in [2.75, 3.05) is 32.8 Å². The van der Waals surface area contributed by atoms with Crippen LogP contribution in [-0.2, 0) is 19.1 Å². The van der Waals surface area contributed by atoms with Crippen molar-refractivity contribution >= 4 is 17.7 Å². The molecular formula is C31H47N3O5. The van der Waals surface area contributed by atoms with Crippen molar-refractivity contribution in [3.8, 4) is 0 Å². The van der Waals surface area contributed by atoms with Crippen molar-refractivity contribution in [1.82, 2.24) is 14.7 Å². The lowest BCUT2D eigenvalue weighted by molar-refractivity contribution is -0.155. The molecule has 5 rings (SSSR count). The Labute approximate surface area is 233 Å². The highest BCUT2D eigenvalue weighted by atomic mass is 16.5. The van der Waals surface area contributed by atoms with Gasteiger partial charge in [-0.1, -0.05) is 70.3 Å². The lowest BCUT2D eigenvalue weighted by atomic mass is 9.73. The highest BCUT2D eigenvalue weighted by Gasteiger charge is 2.75. The largest absolute Gasteiger partial charge is 0.396 e. The standard InChI is InChI=1S/C31H47N3O5/c1-3-18-32-19-12-16-30(4-2)24(27(32)36)25-28(37)34(20-10-5-6-11-22-35)26-29(38)33(23-14-8-7-9-15-23)21-13-17-31(25,26)39-30/h12-13,16-17,23-26,35H,3-11,14-15,18-22H2,1-2H3/t24-,25+,26?,30+,31+/m1/s1. The minimum atomic E-state index is -1.15. The topological polar surface area (TPSA) is 90.4 Å². The van der Waals surface area contributed by atoms with Gasteiger partial charge in [0.1, 0.15) is 11.6 Å². The molecule has 0 radical (unpaired) electrons. The second-order valence-corrected chi connectivity index (χ2v) is 12.2. The molecule has 1 N–H and O–H groups in total. The van der Waals surface area contributed by atoms with Gasteiger partial charge in [0.05, 0.1) is 17.4 Å². The second kappa shape index (κ2) is 11.7. The van der Waals surface area contributed by atoms with Crippen molar-refractivity contribution in [2.45, 2.75) is 108 Å². The Bertz CT molecular complexity index is 991. The fourth-order valence-corrected chi connectivity index (χ4v) is 8.01. The van der Waals surface area contributed by atoms with Crippen LogP contribution in [0.1, 0.15) is 84.5 Å². The third-order valence-electron chi connectivity index (χ3n) is 9.87. The van der Waals surface area contributed by atoms with Crippen LogP contribution in [0.3, 0.4) is 0 Å². The maximum absolute atomic E-state index is 14.5. The summed E-state index contributed by atoms with van der Waals surface area (Å²) in [7, 11) is 0. The Hall–Kier alpha value is -2.19. The summed E-state index contributed by atoms with van der Waals surface area (Å²) >= 11 is 0. The number of amides is 3. The summed E-state index contributed by atoms with van der Waals surface area (Å²) in [4.78, 5) is 48.8. The molecule has 2 saturated heterocycles. The smallest absolute Gasteiger partial charge is 0.249 e. The van der Waals surface area contributed by atoms with Gasteiger partial charge < -0.3 is 24.5 Å². The van der Waals surface area contributed by atoms with E-state index in [2.05, 4.69) is 6.92 Å². The van der Waals surface area contributed by atoms with Gasteiger partial charge in [0.25, 0.3) is 0 Å². The first-order valence-electron chi connectivity index (χ1n) is 15.5. The van der Waals surface area contributed by atoms with Crippen LogP contribution in [0.5, 0.6) is 0 Å². The average Bonchev–Trinajstić information content (AvgIpc) is 3.23. The number of carbonyl (C=O) groups excluding carboxylic acids is 3. The molecule has 3 fully saturated rings. The van der Waals surface area contributed by atoms with Gasteiger partial charge in [-0.05, 0) is 38.5 Å². The van der Waals surface area contributed by atoms with E-state index >= 15 is 0 Å². The maximum Gasteiger partial charge on any atom is 0.249 e. The van der Waals surface area contributed by atoms with Gasteiger partial charge in [-0.3, -0.25) is 14.4 Å². The minimum Gasteiger partial charge on any atom is -0.396 e.